The van der Waals surface area contributed by atoms with Gasteiger partial charge in [0.25, 0.3) is 5.56 Å². The first-order valence-corrected chi connectivity index (χ1v) is 8.08. The molecular weight excluding hydrogens is 308 g/mol. The van der Waals surface area contributed by atoms with Crippen molar-refractivity contribution in [3.63, 3.8) is 0 Å². The number of hydrogen-bond acceptors (Lipinski definition) is 5. The lowest BCUT2D eigenvalue weighted by molar-refractivity contribution is -0.118. The van der Waals surface area contributed by atoms with Gasteiger partial charge in [0.05, 0.1) is 29.7 Å². The molecule has 1 amide bonds. The molecule has 2 heterocycles. The van der Waals surface area contributed by atoms with Crippen molar-refractivity contribution in [2.45, 2.75) is 39.1 Å². The van der Waals surface area contributed by atoms with Crippen molar-refractivity contribution in [1.82, 2.24) is 14.5 Å². The normalized spacial score (nSPS) is 21.9. The van der Waals surface area contributed by atoms with Crippen LogP contribution in [0.2, 0.25) is 0 Å². The van der Waals surface area contributed by atoms with Gasteiger partial charge in [0.15, 0.2) is 0 Å². The molecule has 0 aliphatic carbocycles. The van der Waals surface area contributed by atoms with Crippen molar-refractivity contribution in [2.75, 3.05) is 13.1 Å². The summed E-state index contributed by atoms with van der Waals surface area (Å²) in [6.07, 6.45) is 0.232. The molecule has 2 aromatic rings. The number of benzene rings is 1. The van der Waals surface area contributed by atoms with Gasteiger partial charge in [-0.25, -0.2) is 4.98 Å². The highest BCUT2D eigenvalue weighted by Gasteiger charge is 2.24. The number of fused-ring (bicyclic) bond motifs is 1. The van der Waals surface area contributed by atoms with Crippen LogP contribution in [0.3, 0.4) is 0 Å². The van der Waals surface area contributed by atoms with Crippen LogP contribution in [0, 0.1) is 0 Å². The van der Waals surface area contributed by atoms with Crippen LogP contribution in [0.5, 0.6) is 0 Å². The molecule has 1 aliphatic heterocycles. The fraction of sp³-hybridized carbons (Fsp3) is 0.471. The average Bonchev–Trinajstić information content (AvgIpc) is 2.50. The quantitative estimate of drug-likeness (QED) is 0.881. The second-order valence-electron chi connectivity index (χ2n) is 6.35. The number of para-hydroxylation sites is 1. The van der Waals surface area contributed by atoms with E-state index in [9.17, 15) is 9.59 Å². The number of nitrogens with two attached hydrogens (primary N) is 1. The number of amides is 1. The maximum absolute atomic E-state index is 12.7. The van der Waals surface area contributed by atoms with Crippen LogP contribution in [0.4, 0.5) is 0 Å². The maximum Gasteiger partial charge on any atom is 0.261 e. The number of primary amides is 1. The summed E-state index contributed by atoms with van der Waals surface area (Å²) in [7, 11) is 0. The lowest BCUT2D eigenvalue weighted by atomic mass is 10.2. The molecule has 0 spiro atoms. The summed E-state index contributed by atoms with van der Waals surface area (Å²) in [6.45, 7) is 5.86. The van der Waals surface area contributed by atoms with Crippen molar-refractivity contribution < 1.29 is 9.53 Å². The van der Waals surface area contributed by atoms with Crippen molar-refractivity contribution in [3.05, 3.63) is 40.4 Å². The summed E-state index contributed by atoms with van der Waals surface area (Å²) in [5, 5.41) is 0.492. The molecule has 0 saturated carbocycles. The molecule has 7 nitrogen and oxygen atoms in total. The fourth-order valence-electron chi connectivity index (χ4n) is 3.27. The number of aromatic nitrogens is 2. The minimum absolute atomic E-state index is 0.116. The van der Waals surface area contributed by atoms with E-state index in [0.29, 0.717) is 23.3 Å². The van der Waals surface area contributed by atoms with Crippen molar-refractivity contribution in [1.29, 1.82) is 0 Å². The smallest absolute Gasteiger partial charge is 0.261 e. The van der Waals surface area contributed by atoms with Crippen LogP contribution in [0.1, 0.15) is 19.7 Å². The first-order valence-electron chi connectivity index (χ1n) is 8.08. The Labute approximate surface area is 140 Å². The predicted molar refractivity (Wildman–Crippen MR) is 90.5 cm³/mol. The minimum atomic E-state index is -0.556. The molecule has 1 aromatic heterocycles. The third-order valence-electron chi connectivity index (χ3n) is 4.11. The third-order valence-corrected chi connectivity index (χ3v) is 4.11. The van der Waals surface area contributed by atoms with E-state index >= 15 is 0 Å². The highest BCUT2D eigenvalue weighted by atomic mass is 16.5. The molecule has 7 heteroatoms. The number of carbonyl (C=O) groups is 1. The SMILES string of the molecule is C[C@H]1CN(Cc2nc3ccccc3c(=O)n2CC(N)=O)C[C@H](C)O1. The first-order chi connectivity index (χ1) is 11.4. The van der Waals surface area contributed by atoms with Crippen LogP contribution < -0.4 is 11.3 Å². The first kappa shape index (κ1) is 16.6. The van der Waals surface area contributed by atoms with E-state index in [1.54, 1.807) is 18.2 Å². The summed E-state index contributed by atoms with van der Waals surface area (Å²) >= 11 is 0. The van der Waals surface area contributed by atoms with E-state index in [1.807, 2.05) is 19.9 Å². The highest BCUT2D eigenvalue weighted by molar-refractivity contribution is 5.78. The zero-order valence-corrected chi connectivity index (χ0v) is 13.9. The van der Waals surface area contributed by atoms with Gasteiger partial charge in [0.2, 0.25) is 5.91 Å². The molecule has 1 aromatic carbocycles. The number of rotatable bonds is 4. The average molecular weight is 330 g/mol. The van der Waals surface area contributed by atoms with Gasteiger partial charge < -0.3 is 10.5 Å². The fourth-order valence-corrected chi connectivity index (χ4v) is 3.27. The lowest BCUT2D eigenvalue weighted by Gasteiger charge is -2.35. The Morgan fingerprint density at radius 3 is 2.62 bits per heavy atom. The van der Waals surface area contributed by atoms with E-state index in [0.717, 1.165) is 13.1 Å². The molecule has 0 bridgehead atoms. The number of morpholine rings is 1. The number of ether oxygens (including phenoxy) is 1. The number of carbonyl (C=O) groups excluding carboxylic acids is 1. The Morgan fingerprint density at radius 2 is 1.96 bits per heavy atom. The predicted octanol–water partition coefficient (Wildman–Crippen LogP) is 0.491. The van der Waals surface area contributed by atoms with E-state index < -0.39 is 5.91 Å². The van der Waals surface area contributed by atoms with Crippen LogP contribution in [-0.2, 0) is 22.6 Å². The molecule has 24 heavy (non-hydrogen) atoms. The Kier molecular flexibility index (Phi) is 4.64. The summed E-state index contributed by atoms with van der Waals surface area (Å²) in [5.74, 6) is -0.00190. The van der Waals surface area contributed by atoms with Crippen LogP contribution in [0.15, 0.2) is 29.1 Å². The Balaban J connectivity index is 2.01. The zero-order chi connectivity index (χ0) is 17.3. The number of hydrogen-bond donors (Lipinski definition) is 1. The second kappa shape index (κ2) is 6.70. The van der Waals surface area contributed by atoms with Gasteiger partial charge in [-0.15, -0.1) is 0 Å². The molecule has 0 unspecified atom stereocenters. The molecule has 2 atom stereocenters. The summed E-state index contributed by atoms with van der Waals surface area (Å²) < 4.78 is 7.12. The standard InChI is InChI=1S/C17H22N4O3/c1-11-7-20(8-12(2)24-11)10-16-19-14-6-4-3-5-13(14)17(23)21(16)9-15(18)22/h3-6,11-12H,7-10H2,1-2H3,(H2,18,22)/t11-,12-/m0/s1. The van der Waals surface area contributed by atoms with Crippen LogP contribution in [-0.4, -0.2) is 45.7 Å². The highest BCUT2D eigenvalue weighted by Crippen LogP contribution is 2.15. The van der Waals surface area contributed by atoms with E-state index in [4.69, 9.17) is 10.5 Å². The van der Waals surface area contributed by atoms with Crippen molar-refractivity contribution in [2.24, 2.45) is 5.73 Å². The Hall–Kier alpha value is -2.25. The third kappa shape index (κ3) is 3.47. The monoisotopic (exact) mass is 330 g/mol. The Morgan fingerprint density at radius 1 is 1.29 bits per heavy atom. The maximum atomic E-state index is 12.7. The molecule has 1 fully saturated rings. The molecule has 2 N–H and O–H groups in total. The topological polar surface area (TPSA) is 90.5 Å². The number of nitrogens with zero attached hydrogens (tertiary/aromatic N) is 3. The molecule has 1 saturated heterocycles. The van der Waals surface area contributed by atoms with Gasteiger partial charge in [-0.2, -0.15) is 0 Å². The van der Waals surface area contributed by atoms with Crippen molar-refractivity contribution in [3.8, 4) is 0 Å². The summed E-state index contributed by atoms with van der Waals surface area (Å²) in [5.41, 5.74) is 5.72. The largest absolute Gasteiger partial charge is 0.373 e. The molecule has 1 aliphatic rings. The molecule has 0 radical (unpaired) electrons. The van der Waals surface area contributed by atoms with Gasteiger partial charge in [0.1, 0.15) is 12.4 Å². The van der Waals surface area contributed by atoms with Crippen LogP contribution in [0.25, 0.3) is 10.9 Å². The lowest BCUT2D eigenvalue weighted by Crippen LogP contribution is -2.46. The molecule has 3 rings (SSSR count). The second-order valence-corrected chi connectivity index (χ2v) is 6.35. The van der Waals surface area contributed by atoms with E-state index in [-0.39, 0.29) is 24.3 Å². The van der Waals surface area contributed by atoms with E-state index in [2.05, 4.69) is 9.88 Å². The van der Waals surface area contributed by atoms with Gasteiger partial charge >= 0.3 is 0 Å². The van der Waals surface area contributed by atoms with Crippen molar-refractivity contribution >= 4 is 16.8 Å². The summed E-state index contributed by atoms with van der Waals surface area (Å²) in [6, 6.07) is 7.14. The van der Waals surface area contributed by atoms with E-state index in [1.165, 1.54) is 4.57 Å². The van der Waals surface area contributed by atoms with Gasteiger partial charge in [-0.1, -0.05) is 12.1 Å². The van der Waals surface area contributed by atoms with Gasteiger partial charge in [0, 0.05) is 13.1 Å². The minimum Gasteiger partial charge on any atom is -0.373 e. The Bertz CT molecular complexity index is 807. The zero-order valence-electron chi connectivity index (χ0n) is 13.9. The van der Waals surface area contributed by atoms with Crippen LogP contribution >= 0.6 is 0 Å². The summed E-state index contributed by atoms with van der Waals surface area (Å²) in [4.78, 5) is 30.9. The molecular formula is C17H22N4O3. The molecule has 128 valence electrons. The van der Waals surface area contributed by atoms with Gasteiger partial charge in [-0.05, 0) is 26.0 Å². The van der Waals surface area contributed by atoms with Gasteiger partial charge in [-0.3, -0.25) is 19.1 Å².